The number of carbonyl (C=O) groups excluding carboxylic acids is 1. The molecule has 2 aromatic carbocycles. The fraction of sp³-hybridized carbons (Fsp3) is 0.300. The predicted octanol–water partition coefficient (Wildman–Crippen LogP) is 4.50. The van der Waals surface area contributed by atoms with Crippen LogP contribution in [0.2, 0.25) is 0 Å². The Kier molecular flexibility index (Phi) is 5.34. The SMILES string of the molecule is CC(C)[C@@H](C)NC(=O)COc1ccc(-c2nc3ccccc3s2)cc1. The largest absolute Gasteiger partial charge is 0.484 e. The van der Waals surface area contributed by atoms with Crippen molar-refractivity contribution in [2.24, 2.45) is 5.92 Å². The Morgan fingerprint density at radius 2 is 1.84 bits per heavy atom. The van der Waals surface area contributed by atoms with Crippen molar-refractivity contribution in [2.75, 3.05) is 6.61 Å². The van der Waals surface area contributed by atoms with E-state index in [9.17, 15) is 4.79 Å². The van der Waals surface area contributed by atoms with E-state index < -0.39 is 0 Å². The van der Waals surface area contributed by atoms with E-state index in [1.165, 1.54) is 4.70 Å². The van der Waals surface area contributed by atoms with Crippen LogP contribution in [0.5, 0.6) is 5.75 Å². The second-order valence-corrected chi connectivity index (χ2v) is 7.43. The lowest BCUT2D eigenvalue weighted by molar-refractivity contribution is -0.124. The highest BCUT2D eigenvalue weighted by Crippen LogP contribution is 2.30. The second kappa shape index (κ2) is 7.66. The molecule has 1 heterocycles. The number of para-hydroxylation sites is 1. The van der Waals surface area contributed by atoms with Crippen molar-refractivity contribution in [1.29, 1.82) is 0 Å². The molecule has 1 N–H and O–H groups in total. The van der Waals surface area contributed by atoms with Crippen LogP contribution in [0, 0.1) is 5.92 Å². The van der Waals surface area contributed by atoms with Crippen LogP contribution in [0.15, 0.2) is 48.5 Å². The van der Waals surface area contributed by atoms with Crippen LogP contribution < -0.4 is 10.1 Å². The summed E-state index contributed by atoms with van der Waals surface area (Å²) in [4.78, 5) is 16.5. The first-order valence-corrected chi connectivity index (χ1v) is 9.23. The summed E-state index contributed by atoms with van der Waals surface area (Å²) in [5.74, 6) is 0.978. The normalized spacial score (nSPS) is 12.3. The van der Waals surface area contributed by atoms with E-state index in [0.717, 1.165) is 16.1 Å². The lowest BCUT2D eigenvalue weighted by Crippen LogP contribution is -2.38. The van der Waals surface area contributed by atoms with E-state index in [4.69, 9.17) is 4.74 Å². The molecule has 0 aliphatic heterocycles. The highest BCUT2D eigenvalue weighted by Gasteiger charge is 2.11. The van der Waals surface area contributed by atoms with Gasteiger partial charge in [0.15, 0.2) is 6.61 Å². The average molecular weight is 354 g/mol. The van der Waals surface area contributed by atoms with Gasteiger partial charge in [0.1, 0.15) is 10.8 Å². The Morgan fingerprint density at radius 3 is 2.52 bits per heavy atom. The van der Waals surface area contributed by atoms with Crippen LogP contribution in [0.4, 0.5) is 0 Å². The third kappa shape index (κ3) is 4.37. The molecule has 130 valence electrons. The minimum Gasteiger partial charge on any atom is -0.484 e. The number of nitrogens with zero attached hydrogens (tertiary/aromatic N) is 1. The summed E-state index contributed by atoms with van der Waals surface area (Å²) in [7, 11) is 0. The molecular weight excluding hydrogens is 332 g/mol. The fourth-order valence-corrected chi connectivity index (χ4v) is 3.27. The fourth-order valence-electron chi connectivity index (χ4n) is 2.30. The number of ether oxygens (including phenoxy) is 1. The van der Waals surface area contributed by atoms with Crippen LogP contribution in [-0.2, 0) is 4.79 Å². The molecule has 0 unspecified atom stereocenters. The molecule has 0 radical (unpaired) electrons. The molecule has 1 aromatic heterocycles. The summed E-state index contributed by atoms with van der Waals surface area (Å²) in [6.45, 7) is 6.17. The lowest BCUT2D eigenvalue weighted by atomic mass is 10.1. The van der Waals surface area contributed by atoms with Crippen LogP contribution in [0.1, 0.15) is 20.8 Å². The average Bonchev–Trinajstić information content (AvgIpc) is 3.04. The number of benzene rings is 2. The van der Waals surface area contributed by atoms with Gasteiger partial charge in [0.2, 0.25) is 0 Å². The molecule has 1 amide bonds. The van der Waals surface area contributed by atoms with E-state index >= 15 is 0 Å². The standard InChI is InChI=1S/C20H22N2O2S/c1-13(2)14(3)21-19(23)12-24-16-10-8-15(9-11-16)20-22-17-6-4-5-7-18(17)25-20/h4-11,13-14H,12H2,1-3H3,(H,21,23)/t14-/m1/s1. The summed E-state index contributed by atoms with van der Waals surface area (Å²) < 4.78 is 6.74. The van der Waals surface area contributed by atoms with E-state index in [-0.39, 0.29) is 18.6 Å². The monoisotopic (exact) mass is 354 g/mol. The molecule has 0 aliphatic carbocycles. The Bertz CT molecular complexity index is 823. The molecule has 0 aliphatic rings. The summed E-state index contributed by atoms with van der Waals surface area (Å²) in [6, 6.07) is 15.9. The van der Waals surface area contributed by atoms with E-state index in [2.05, 4.69) is 30.2 Å². The highest BCUT2D eigenvalue weighted by atomic mass is 32.1. The summed E-state index contributed by atoms with van der Waals surface area (Å²) in [6.07, 6.45) is 0. The van der Waals surface area contributed by atoms with Crippen LogP contribution in [0.25, 0.3) is 20.8 Å². The Hall–Kier alpha value is -2.40. The van der Waals surface area contributed by atoms with Gasteiger partial charge in [-0.05, 0) is 49.2 Å². The van der Waals surface area contributed by atoms with Crippen molar-refractivity contribution in [3.05, 3.63) is 48.5 Å². The van der Waals surface area contributed by atoms with E-state index in [1.54, 1.807) is 11.3 Å². The van der Waals surface area contributed by atoms with Crippen LogP contribution >= 0.6 is 11.3 Å². The summed E-state index contributed by atoms with van der Waals surface area (Å²) >= 11 is 1.67. The molecule has 0 spiro atoms. The van der Waals surface area contributed by atoms with Crippen molar-refractivity contribution in [3.8, 4) is 16.3 Å². The topological polar surface area (TPSA) is 51.2 Å². The molecule has 0 saturated heterocycles. The maximum Gasteiger partial charge on any atom is 0.258 e. The second-order valence-electron chi connectivity index (χ2n) is 6.40. The quantitative estimate of drug-likeness (QED) is 0.709. The van der Waals surface area contributed by atoms with Crippen molar-refractivity contribution in [3.63, 3.8) is 0 Å². The van der Waals surface area contributed by atoms with Crippen LogP contribution in [-0.4, -0.2) is 23.5 Å². The van der Waals surface area contributed by atoms with Crippen molar-refractivity contribution in [2.45, 2.75) is 26.8 Å². The molecule has 3 aromatic rings. The third-order valence-electron chi connectivity index (χ3n) is 4.15. The number of fused-ring (bicyclic) bond motifs is 1. The number of hydrogen-bond acceptors (Lipinski definition) is 4. The van der Waals surface area contributed by atoms with Gasteiger partial charge in [-0.2, -0.15) is 0 Å². The van der Waals surface area contributed by atoms with Gasteiger partial charge in [-0.3, -0.25) is 4.79 Å². The number of nitrogens with one attached hydrogen (secondary N) is 1. The van der Waals surface area contributed by atoms with Gasteiger partial charge < -0.3 is 10.1 Å². The van der Waals surface area contributed by atoms with Gasteiger partial charge in [-0.25, -0.2) is 4.98 Å². The molecule has 5 heteroatoms. The first-order chi connectivity index (χ1) is 12.0. The van der Waals surface area contributed by atoms with Crippen molar-refractivity contribution < 1.29 is 9.53 Å². The zero-order valence-electron chi connectivity index (χ0n) is 14.7. The van der Waals surface area contributed by atoms with Gasteiger partial charge in [-0.15, -0.1) is 11.3 Å². The van der Waals surface area contributed by atoms with Gasteiger partial charge in [0.05, 0.1) is 10.2 Å². The molecule has 0 saturated carbocycles. The number of carbonyl (C=O) groups is 1. The predicted molar refractivity (Wildman–Crippen MR) is 103 cm³/mol. The highest BCUT2D eigenvalue weighted by molar-refractivity contribution is 7.21. The minimum absolute atomic E-state index is 0.0253. The molecule has 1 atom stereocenters. The third-order valence-corrected chi connectivity index (χ3v) is 5.24. The minimum atomic E-state index is -0.101. The summed E-state index contributed by atoms with van der Waals surface area (Å²) in [5, 5.41) is 3.91. The molecule has 4 nitrogen and oxygen atoms in total. The smallest absolute Gasteiger partial charge is 0.258 e. The van der Waals surface area contributed by atoms with Gasteiger partial charge in [-0.1, -0.05) is 26.0 Å². The maximum atomic E-state index is 11.9. The maximum absolute atomic E-state index is 11.9. The zero-order chi connectivity index (χ0) is 17.8. The zero-order valence-corrected chi connectivity index (χ0v) is 15.5. The molecule has 0 fully saturated rings. The van der Waals surface area contributed by atoms with Gasteiger partial charge in [0, 0.05) is 11.6 Å². The lowest BCUT2D eigenvalue weighted by Gasteiger charge is -2.17. The van der Waals surface area contributed by atoms with Gasteiger partial charge in [0.25, 0.3) is 5.91 Å². The van der Waals surface area contributed by atoms with Crippen molar-refractivity contribution in [1.82, 2.24) is 10.3 Å². The molecule has 25 heavy (non-hydrogen) atoms. The Balaban J connectivity index is 1.61. The van der Waals surface area contributed by atoms with Gasteiger partial charge >= 0.3 is 0 Å². The summed E-state index contributed by atoms with van der Waals surface area (Å²) in [5.41, 5.74) is 2.06. The molecular formula is C20H22N2O2S. The number of rotatable bonds is 6. The van der Waals surface area contributed by atoms with E-state index in [0.29, 0.717) is 11.7 Å². The first-order valence-electron chi connectivity index (χ1n) is 8.41. The van der Waals surface area contributed by atoms with Crippen molar-refractivity contribution >= 4 is 27.5 Å². The number of thiazole rings is 1. The number of aromatic nitrogens is 1. The first kappa shape index (κ1) is 17.4. The Morgan fingerprint density at radius 1 is 1.12 bits per heavy atom. The molecule has 3 rings (SSSR count). The Labute approximate surface area is 151 Å². The number of amides is 1. The van der Waals surface area contributed by atoms with Crippen LogP contribution in [0.3, 0.4) is 0 Å². The molecule has 0 bridgehead atoms. The number of hydrogen-bond donors (Lipinski definition) is 1. The van der Waals surface area contributed by atoms with E-state index in [1.807, 2.05) is 49.4 Å².